The van der Waals surface area contributed by atoms with E-state index in [1.54, 1.807) is 6.92 Å². The fourth-order valence-electron chi connectivity index (χ4n) is 0.724. The zero-order chi connectivity index (χ0) is 7.11. The molecular weight excluding hydrogens is 220 g/mol. The van der Waals surface area contributed by atoms with Crippen molar-refractivity contribution in [3.8, 4) is 0 Å². The third-order valence-corrected chi connectivity index (χ3v) is 1.16. The first-order chi connectivity index (χ1) is 4.39. The van der Waals surface area contributed by atoms with Crippen molar-refractivity contribution in [3.63, 3.8) is 0 Å². The van der Waals surface area contributed by atoms with Crippen LogP contribution in [-0.2, 0) is 4.74 Å². The van der Waals surface area contributed by atoms with E-state index in [-0.39, 0.29) is 40.0 Å². The molecule has 1 N–H and O–H groups in total. The minimum Gasteiger partial charge on any atom is -0.368 e. The molecule has 0 aromatic rings. The van der Waals surface area contributed by atoms with Crippen LogP contribution >= 0.6 is 17.0 Å². The molecular formula is C7H16BrMgO2+. The van der Waals surface area contributed by atoms with Crippen LogP contribution in [0.1, 0.15) is 26.2 Å². The van der Waals surface area contributed by atoms with Crippen LogP contribution in [-0.4, -0.2) is 41.1 Å². The molecule has 4 heteroatoms. The third-order valence-electron chi connectivity index (χ3n) is 1.16. The predicted octanol–water partition coefficient (Wildman–Crippen LogP) is 1.54. The van der Waals surface area contributed by atoms with Crippen molar-refractivity contribution in [1.82, 2.24) is 0 Å². The van der Waals surface area contributed by atoms with Crippen molar-refractivity contribution < 1.29 is 9.84 Å². The second kappa shape index (κ2) is 13.7. The van der Waals surface area contributed by atoms with Crippen LogP contribution in [0.25, 0.3) is 0 Å². The minimum atomic E-state index is -0.464. The van der Waals surface area contributed by atoms with E-state index in [2.05, 4.69) is 6.92 Å². The van der Waals surface area contributed by atoms with Crippen LogP contribution in [0, 0.1) is 6.92 Å². The summed E-state index contributed by atoms with van der Waals surface area (Å²) in [5, 5.41) is 8.69. The van der Waals surface area contributed by atoms with Crippen molar-refractivity contribution >= 4 is 40.0 Å². The van der Waals surface area contributed by atoms with Crippen molar-refractivity contribution in [2.24, 2.45) is 0 Å². The third kappa shape index (κ3) is 11.2. The average molecular weight is 236 g/mol. The SMILES string of the molecule is Br.OC1CCCCO1.[CH2-]C.[Mg+2]. The molecule has 11 heavy (non-hydrogen) atoms. The Balaban J connectivity index is -0.000000149. The summed E-state index contributed by atoms with van der Waals surface area (Å²) < 4.78 is 4.83. The van der Waals surface area contributed by atoms with E-state index in [4.69, 9.17) is 9.84 Å². The number of aliphatic hydroxyl groups excluding tert-OH is 1. The Morgan fingerprint density at radius 3 is 2.09 bits per heavy atom. The normalized spacial score (nSPS) is 21.5. The molecule has 0 radical (unpaired) electrons. The van der Waals surface area contributed by atoms with E-state index in [1.807, 2.05) is 0 Å². The van der Waals surface area contributed by atoms with Gasteiger partial charge in [-0.1, -0.05) is 0 Å². The first-order valence-corrected chi connectivity index (χ1v) is 3.40. The molecule has 0 aromatic heterocycles. The van der Waals surface area contributed by atoms with Gasteiger partial charge in [0.05, 0.1) is 0 Å². The first kappa shape index (κ1) is 18.1. The number of rotatable bonds is 0. The molecule has 0 bridgehead atoms. The van der Waals surface area contributed by atoms with Gasteiger partial charge in [-0.05, 0) is 19.3 Å². The molecule has 1 aliphatic rings. The molecule has 1 atom stereocenters. The largest absolute Gasteiger partial charge is 2.00 e. The zero-order valence-corrected chi connectivity index (χ0v) is 10.2. The van der Waals surface area contributed by atoms with Gasteiger partial charge in [-0.15, -0.1) is 17.0 Å². The average Bonchev–Trinajstić information content (AvgIpc) is 1.94. The quantitative estimate of drug-likeness (QED) is 0.511. The molecule has 1 fully saturated rings. The molecule has 1 saturated heterocycles. The van der Waals surface area contributed by atoms with Crippen molar-refractivity contribution in [3.05, 3.63) is 6.92 Å². The summed E-state index contributed by atoms with van der Waals surface area (Å²) in [4.78, 5) is 0. The Labute approximate surface area is 95.6 Å². The Morgan fingerprint density at radius 2 is 1.91 bits per heavy atom. The van der Waals surface area contributed by atoms with Gasteiger partial charge in [0.2, 0.25) is 0 Å². The summed E-state index contributed by atoms with van der Waals surface area (Å²) in [6, 6.07) is 0. The molecule has 0 spiro atoms. The van der Waals surface area contributed by atoms with Gasteiger partial charge in [0.1, 0.15) is 0 Å². The Bertz CT molecular complexity index is 58.4. The number of halogens is 1. The molecule has 64 valence electrons. The van der Waals surface area contributed by atoms with Crippen molar-refractivity contribution in [2.45, 2.75) is 32.5 Å². The number of hydrogen-bond acceptors (Lipinski definition) is 2. The molecule has 0 aromatic carbocycles. The summed E-state index contributed by atoms with van der Waals surface area (Å²) >= 11 is 0. The van der Waals surface area contributed by atoms with Gasteiger partial charge in [0.15, 0.2) is 6.29 Å². The molecule has 2 nitrogen and oxygen atoms in total. The molecule has 0 saturated carbocycles. The first-order valence-electron chi connectivity index (χ1n) is 3.40. The van der Waals surface area contributed by atoms with Gasteiger partial charge in [-0.3, -0.25) is 0 Å². The number of ether oxygens (including phenoxy) is 1. The summed E-state index contributed by atoms with van der Waals surface area (Å²) in [7, 11) is 0. The van der Waals surface area contributed by atoms with Gasteiger partial charge in [-0.2, -0.15) is 6.92 Å². The van der Waals surface area contributed by atoms with Gasteiger partial charge in [-0.25, -0.2) is 0 Å². The summed E-state index contributed by atoms with van der Waals surface area (Å²) in [6.45, 7) is 5.74. The summed E-state index contributed by atoms with van der Waals surface area (Å²) in [6.07, 6.45) is 2.58. The van der Waals surface area contributed by atoms with E-state index < -0.39 is 6.29 Å². The Kier molecular flexibility index (Phi) is 22.5. The molecule has 1 aliphatic heterocycles. The van der Waals surface area contributed by atoms with E-state index in [0.717, 1.165) is 25.9 Å². The number of aliphatic hydroxyl groups is 1. The summed E-state index contributed by atoms with van der Waals surface area (Å²) in [5.74, 6) is 0. The van der Waals surface area contributed by atoms with E-state index >= 15 is 0 Å². The van der Waals surface area contributed by atoms with Crippen LogP contribution in [0.3, 0.4) is 0 Å². The minimum absolute atomic E-state index is 0. The fraction of sp³-hybridized carbons (Fsp3) is 0.857. The van der Waals surface area contributed by atoms with E-state index in [9.17, 15) is 0 Å². The van der Waals surface area contributed by atoms with Gasteiger partial charge >= 0.3 is 23.1 Å². The van der Waals surface area contributed by atoms with Gasteiger partial charge in [0.25, 0.3) is 0 Å². The molecule has 0 amide bonds. The van der Waals surface area contributed by atoms with E-state index in [1.165, 1.54) is 0 Å². The van der Waals surface area contributed by atoms with Crippen LogP contribution in [0.15, 0.2) is 0 Å². The second-order valence-electron chi connectivity index (χ2n) is 1.82. The maximum atomic E-state index is 8.69. The van der Waals surface area contributed by atoms with Gasteiger partial charge < -0.3 is 16.8 Å². The maximum Gasteiger partial charge on any atom is 2.00 e. The fourth-order valence-corrected chi connectivity index (χ4v) is 0.724. The van der Waals surface area contributed by atoms with Crippen LogP contribution in [0.4, 0.5) is 0 Å². The zero-order valence-electron chi connectivity index (χ0n) is 7.08. The van der Waals surface area contributed by atoms with Crippen LogP contribution in [0.2, 0.25) is 0 Å². The maximum absolute atomic E-state index is 8.69. The molecule has 1 heterocycles. The van der Waals surface area contributed by atoms with E-state index in [0.29, 0.717) is 0 Å². The molecule has 1 rings (SSSR count). The molecule has 1 unspecified atom stereocenters. The monoisotopic (exact) mass is 235 g/mol. The number of hydrogen-bond donors (Lipinski definition) is 1. The predicted molar refractivity (Wildman–Crippen MR) is 52.9 cm³/mol. The van der Waals surface area contributed by atoms with Crippen LogP contribution < -0.4 is 0 Å². The molecule has 0 aliphatic carbocycles. The second-order valence-corrected chi connectivity index (χ2v) is 1.82. The van der Waals surface area contributed by atoms with Crippen molar-refractivity contribution in [2.75, 3.05) is 6.61 Å². The van der Waals surface area contributed by atoms with Crippen LogP contribution in [0.5, 0.6) is 0 Å². The summed E-state index contributed by atoms with van der Waals surface area (Å²) in [5.41, 5.74) is 0. The Hall–Kier alpha value is 1.17. The standard InChI is InChI=1S/C5H10O2.C2H5.BrH.Mg/c6-5-3-1-2-4-7-5;1-2;;/h5-6H,1-4H2;1H2,2H3;1H;/q;-1;;+2. The smallest absolute Gasteiger partial charge is 0.368 e. The van der Waals surface area contributed by atoms with Crippen molar-refractivity contribution in [1.29, 1.82) is 0 Å². The van der Waals surface area contributed by atoms with Gasteiger partial charge in [0, 0.05) is 6.61 Å². The topological polar surface area (TPSA) is 29.5 Å². The Morgan fingerprint density at radius 1 is 1.36 bits per heavy atom.